The summed E-state index contributed by atoms with van der Waals surface area (Å²) in [6.45, 7) is 1.86. The van der Waals surface area contributed by atoms with Crippen LogP contribution in [-0.4, -0.2) is 61.6 Å². The maximum Gasteiger partial charge on any atom is 0.303 e. The van der Waals surface area contributed by atoms with E-state index >= 15 is 0 Å². The number of ketones is 1. The summed E-state index contributed by atoms with van der Waals surface area (Å²) in [6, 6.07) is 19.6. The van der Waals surface area contributed by atoms with Crippen LogP contribution in [0.3, 0.4) is 0 Å². The Morgan fingerprint density at radius 1 is 0.864 bits per heavy atom. The molecule has 15 nitrogen and oxygen atoms in total. The molecule has 44 heavy (non-hydrogen) atoms. The average molecular weight is 603 g/mol. The van der Waals surface area contributed by atoms with Crippen molar-refractivity contribution < 1.29 is 33.6 Å². The Morgan fingerprint density at radius 3 is 2.11 bits per heavy atom. The zero-order chi connectivity index (χ0) is 31.5. The van der Waals surface area contributed by atoms with Gasteiger partial charge in [-0.25, -0.2) is 0 Å². The first-order valence-corrected chi connectivity index (χ1v) is 13.2. The number of hydrogen-bond donors (Lipinski definition) is 0. The number of non-ortho nitro benzene ring substituents is 2. The summed E-state index contributed by atoms with van der Waals surface area (Å²) in [6.07, 6.45) is 0.296. The van der Waals surface area contributed by atoms with Crippen molar-refractivity contribution in [1.82, 2.24) is 20.2 Å². The van der Waals surface area contributed by atoms with Crippen LogP contribution in [0.5, 0.6) is 0 Å². The van der Waals surface area contributed by atoms with Crippen LogP contribution in [0.4, 0.5) is 11.4 Å². The van der Waals surface area contributed by atoms with Crippen LogP contribution in [0.15, 0.2) is 85.1 Å². The van der Waals surface area contributed by atoms with Crippen LogP contribution in [0, 0.1) is 20.2 Å². The number of rotatable bonds is 15. The summed E-state index contributed by atoms with van der Waals surface area (Å²) in [5.41, 5.74) is 1.33. The van der Waals surface area contributed by atoms with Gasteiger partial charge in [-0.3, -0.25) is 29.8 Å². The minimum Gasteiger partial charge on any atom is -0.498 e. The normalized spacial score (nSPS) is 11.9. The van der Waals surface area contributed by atoms with Gasteiger partial charge in [-0.2, -0.15) is 4.80 Å². The van der Waals surface area contributed by atoms with Crippen LogP contribution in [0.2, 0.25) is 0 Å². The van der Waals surface area contributed by atoms with Crippen molar-refractivity contribution in [2.75, 3.05) is 19.8 Å². The number of aromatic nitrogens is 4. The summed E-state index contributed by atoms with van der Waals surface area (Å²) in [5, 5.41) is 34.1. The average Bonchev–Trinajstić information content (AvgIpc) is 3.50. The third-order valence-corrected chi connectivity index (χ3v) is 6.05. The Bertz CT molecular complexity index is 1640. The third kappa shape index (κ3) is 8.36. The summed E-state index contributed by atoms with van der Waals surface area (Å²) in [5.74, 6) is -0.817. The molecule has 0 aliphatic rings. The number of nitrogens with zero attached hydrogens (tertiary/aromatic N) is 6. The minimum atomic E-state index is -1.01. The van der Waals surface area contributed by atoms with Gasteiger partial charge < -0.3 is 14.2 Å². The fourth-order valence-electron chi connectivity index (χ4n) is 3.92. The predicted octanol–water partition coefficient (Wildman–Crippen LogP) is 4.10. The molecule has 0 saturated heterocycles. The van der Waals surface area contributed by atoms with E-state index in [0.29, 0.717) is 16.7 Å². The molecule has 0 fully saturated rings. The second kappa shape index (κ2) is 14.9. The third-order valence-electron chi connectivity index (χ3n) is 6.05. The van der Waals surface area contributed by atoms with Crippen LogP contribution in [-0.2, 0) is 25.5 Å². The van der Waals surface area contributed by atoms with E-state index < -0.39 is 21.9 Å². The van der Waals surface area contributed by atoms with E-state index in [9.17, 15) is 29.8 Å². The summed E-state index contributed by atoms with van der Waals surface area (Å²) in [4.78, 5) is 46.9. The number of carbonyl (C=O) groups excluding carboxylic acids is 2. The van der Waals surface area contributed by atoms with E-state index in [-0.39, 0.29) is 54.9 Å². The lowest BCUT2D eigenvalue weighted by Gasteiger charge is -2.13. The van der Waals surface area contributed by atoms with Crippen molar-refractivity contribution in [2.45, 2.75) is 19.6 Å². The molecule has 1 heterocycles. The van der Waals surface area contributed by atoms with Crippen LogP contribution in [0.25, 0.3) is 5.57 Å². The first kappa shape index (κ1) is 31.1. The lowest BCUT2D eigenvalue weighted by molar-refractivity contribution is -0.385. The first-order chi connectivity index (χ1) is 21.2. The molecule has 0 aliphatic heterocycles. The van der Waals surface area contributed by atoms with Crippen LogP contribution >= 0.6 is 0 Å². The van der Waals surface area contributed by atoms with Gasteiger partial charge in [-0.05, 0) is 35.0 Å². The van der Waals surface area contributed by atoms with E-state index in [4.69, 9.17) is 14.2 Å². The van der Waals surface area contributed by atoms with Gasteiger partial charge in [0.25, 0.3) is 11.4 Å². The van der Waals surface area contributed by atoms with Crippen molar-refractivity contribution in [1.29, 1.82) is 0 Å². The van der Waals surface area contributed by atoms with Crippen LogP contribution in [0.1, 0.15) is 40.3 Å². The lowest BCUT2D eigenvalue weighted by Crippen LogP contribution is -2.14. The zero-order valence-electron chi connectivity index (χ0n) is 23.3. The molecule has 0 radical (unpaired) electrons. The highest BCUT2D eigenvalue weighted by atomic mass is 16.6. The predicted molar refractivity (Wildman–Crippen MR) is 153 cm³/mol. The molecule has 226 valence electrons. The Balaban J connectivity index is 1.32. The van der Waals surface area contributed by atoms with Gasteiger partial charge >= 0.3 is 5.97 Å². The molecule has 0 bridgehead atoms. The standard InChI is InChI=1S/C29H26N6O9/c1-20(36)44-28(23-9-13-25(14-10-23)35(40)41)29-30-32-33(31-29)15-16-42-17-18-43-19-26(27(37)22-5-3-2-4-6-22)21-7-11-24(12-8-21)34(38)39/h2-14,19,28H,15-18H2,1H3/b26-19+. The molecule has 0 saturated carbocycles. The highest BCUT2D eigenvalue weighted by Gasteiger charge is 2.24. The minimum absolute atomic E-state index is 0.0874. The molecule has 0 spiro atoms. The molecule has 4 aromatic rings. The van der Waals surface area contributed by atoms with E-state index in [1.807, 2.05) is 0 Å². The van der Waals surface area contributed by atoms with E-state index in [1.54, 1.807) is 30.3 Å². The number of tetrazole rings is 1. The highest BCUT2D eigenvalue weighted by molar-refractivity contribution is 6.28. The molecule has 1 aromatic heterocycles. The molecule has 4 rings (SSSR count). The summed E-state index contributed by atoms with van der Waals surface area (Å²) in [7, 11) is 0. The number of ether oxygens (including phenoxy) is 3. The SMILES string of the molecule is CC(=O)OC(c1ccc([N+](=O)[O-])cc1)c1nnn(CCOCCO/C=C(/C(=O)c2ccccc2)c2ccc([N+](=O)[O-])cc2)n1. The number of benzene rings is 3. The van der Waals surface area contributed by atoms with Gasteiger partial charge in [-0.1, -0.05) is 30.3 Å². The molecule has 15 heteroatoms. The quantitative estimate of drug-likeness (QED) is 0.0360. The number of esters is 1. The summed E-state index contributed by atoms with van der Waals surface area (Å²) >= 11 is 0. The Morgan fingerprint density at radius 2 is 1.50 bits per heavy atom. The van der Waals surface area contributed by atoms with Gasteiger partial charge in [0.2, 0.25) is 5.82 Å². The van der Waals surface area contributed by atoms with Gasteiger partial charge in [0.1, 0.15) is 6.61 Å². The topological polar surface area (TPSA) is 192 Å². The fourth-order valence-corrected chi connectivity index (χ4v) is 3.92. The van der Waals surface area contributed by atoms with Crippen LogP contribution < -0.4 is 0 Å². The molecule has 0 amide bonds. The summed E-state index contributed by atoms with van der Waals surface area (Å²) < 4.78 is 16.5. The van der Waals surface area contributed by atoms with E-state index in [2.05, 4.69) is 15.4 Å². The molecule has 0 N–H and O–H groups in total. The van der Waals surface area contributed by atoms with Gasteiger partial charge in [-0.15, -0.1) is 10.2 Å². The zero-order valence-corrected chi connectivity index (χ0v) is 23.3. The largest absolute Gasteiger partial charge is 0.498 e. The van der Waals surface area contributed by atoms with Crippen molar-refractivity contribution >= 4 is 28.7 Å². The Hall–Kier alpha value is -5.83. The van der Waals surface area contributed by atoms with Gasteiger partial charge in [0.05, 0.1) is 41.4 Å². The number of Topliss-reactive ketones (excluding diaryl/α,β-unsaturated/α-hetero) is 1. The molecule has 0 aliphatic carbocycles. The smallest absolute Gasteiger partial charge is 0.303 e. The number of hydrogen-bond acceptors (Lipinski definition) is 12. The number of nitro benzene ring substituents is 2. The Labute approximate surface area is 250 Å². The van der Waals surface area contributed by atoms with Crippen molar-refractivity contribution in [3.8, 4) is 0 Å². The molecular formula is C29H26N6O9. The van der Waals surface area contributed by atoms with Crippen molar-refractivity contribution in [3.05, 3.63) is 128 Å². The fraction of sp³-hybridized carbons (Fsp3) is 0.207. The van der Waals surface area contributed by atoms with Gasteiger partial charge in [0.15, 0.2) is 11.9 Å². The number of allylic oxidation sites excluding steroid dienone is 1. The Kier molecular flexibility index (Phi) is 10.5. The molecule has 1 atom stereocenters. The van der Waals surface area contributed by atoms with E-state index in [0.717, 1.165) is 0 Å². The molecule has 3 aromatic carbocycles. The van der Waals surface area contributed by atoms with Crippen molar-refractivity contribution in [2.24, 2.45) is 0 Å². The van der Waals surface area contributed by atoms with E-state index in [1.165, 1.54) is 66.5 Å². The van der Waals surface area contributed by atoms with Gasteiger partial charge in [0, 0.05) is 42.3 Å². The number of nitro groups is 2. The second-order valence-electron chi connectivity index (χ2n) is 9.10. The first-order valence-electron chi connectivity index (χ1n) is 13.2. The second-order valence-corrected chi connectivity index (χ2v) is 9.10. The molecular weight excluding hydrogens is 576 g/mol. The number of carbonyl (C=O) groups is 2. The maximum atomic E-state index is 13.1. The highest BCUT2D eigenvalue weighted by Crippen LogP contribution is 2.25. The molecule has 1 unspecified atom stereocenters. The lowest BCUT2D eigenvalue weighted by atomic mass is 9.98. The maximum absolute atomic E-state index is 13.1. The van der Waals surface area contributed by atoms with Crippen molar-refractivity contribution in [3.63, 3.8) is 0 Å². The monoisotopic (exact) mass is 602 g/mol.